The first-order chi connectivity index (χ1) is 9.70. The van der Waals surface area contributed by atoms with Crippen LogP contribution in [0.25, 0.3) is 0 Å². The first-order valence-corrected chi connectivity index (χ1v) is 8.48. The summed E-state index contributed by atoms with van der Waals surface area (Å²) in [5.74, 6) is 0. The summed E-state index contributed by atoms with van der Waals surface area (Å²) >= 11 is 8.09. The standard InChI is InChI=1S/C17H22ClNS/c1-3-19-17(8-4-6-15-7-5-11-20-15)14-10-9-13(2)16(18)12-14/h5,7,9-12,17,19H,3-4,6,8H2,1-2H3. The zero-order valence-electron chi connectivity index (χ0n) is 12.2. The average Bonchev–Trinajstić information content (AvgIpc) is 2.94. The summed E-state index contributed by atoms with van der Waals surface area (Å²) in [4.78, 5) is 1.47. The zero-order chi connectivity index (χ0) is 14.4. The van der Waals surface area contributed by atoms with E-state index in [2.05, 4.69) is 48.0 Å². The van der Waals surface area contributed by atoms with Crippen LogP contribution >= 0.6 is 22.9 Å². The molecule has 1 aromatic carbocycles. The van der Waals surface area contributed by atoms with Crippen molar-refractivity contribution in [3.05, 3.63) is 56.7 Å². The van der Waals surface area contributed by atoms with Crippen LogP contribution in [0.5, 0.6) is 0 Å². The Labute approximate surface area is 131 Å². The minimum Gasteiger partial charge on any atom is -0.310 e. The van der Waals surface area contributed by atoms with Crippen LogP contribution in [-0.2, 0) is 6.42 Å². The molecule has 0 saturated carbocycles. The van der Waals surface area contributed by atoms with Gasteiger partial charge >= 0.3 is 0 Å². The Morgan fingerprint density at radius 1 is 1.30 bits per heavy atom. The lowest BCUT2D eigenvalue weighted by Gasteiger charge is -2.19. The summed E-state index contributed by atoms with van der Waals surface area (Å²) in [6.07, 6.45) is 3.51. The van der Waals surface area contributed by atoms with Crippen LogP contribution in [0.3, 0.4) is 0 Å². The molecule has 1 nitrogen and oxygen atoms in total. The molecular formula is C17H22ClNS. The maximum atomic E-state index is 6.25. The second-order valence-electron chi connectivity index (χ2n) is 5.09. The van der Waals surface area contributed by atoms with E-state index in [9.17, 15) is 0 Å². The summed E-state index contributed by atoms with van der Waals surface area (Å²) < 4.78 is 0. The highest BCUT2D eigenvalue weighted by atomic mass is 35.5. The van der Waals surface area contributed by atoms with Crippen LogP contribution in [0, 0.1) is 6.92 Å². The summed E-state index contributed by atoms with van der Waals surface area (Å²) in [5.41, 5.74) is 2.44. The Morgan fingerprint density at radius 3 is 2.80 bits per heavy atom. The number of hydrogen-bond acceptors (Lipinski definition) is 2. The number of nitrogens with one attached hydrogen (secondary N) is 1. The number of aryl methyl sites for hydroxylation is 2. The Kier molecular flexibility index (Phi) is 6.08. The number of benzene rings is 1. The molecule has 1 atom stereocenters. The predicted octanol–water partition coefficient (Wildman–Crippen LogP) is 5.38. The van der Waals surface area contributed by atoms with E-state index >= 15 is 0 Å². The normalized spacial score (nSPS) is 12.6. The van der Waals surface area contributed by atoms with Gasteiger partial charge in [-0.25, -0.2) is 0 Å². The summed E-state index contributed by atoms with van der Waals surface area (Å²) in [5, 5.41) is 6.58. The molecule has 0 spiro atoms. The van der Waals surface area contributed by atoms with Crippen LogP contribution in [0.1, 0.15) is 41.8 Å². The van der Waals surface area contributed by atoms with E-state index in [0.29, 0.717) is 6.04 Å². The van der Waals surface area contributed by atoms with Crippen LogP contribution in [0.4, 0.5) is 0 Å². The van der Waals surface area contributed by atoms with Gasteiger partial charge in [0.25, 0.3) is 0 Å². The van der Waals surface area contributed by atoms with E-state index in [-0.39, 0.29) is 0 Å². The van der Waals surface area contributed by atoms with Crippen molar-refractivity contribution in [2.24, 2.45) is 0 Å². The highest BCUT2D eigenvalue weighted by Crippen LogP contribution is 2.25. The fourth-order valence-corrected chi connectivity index (χ4v) is 3.33. The lowest BCUT2D eigenvalue weighted by atomic mass is 9.99. The van der Waals surface area contributed by atoms with E-state index in [1.807, 2.05) is 18.3 Å². The third-order valence-electron chi connectivity index (χ3n) is 3.54. The lowest BCUT2D eigenvalue weighted by molar-refractivity contribution is 0.499. The molecule has 1 unspecified atom stereocenters. The second kappa shape index (κ2) is 7.82. The molecule has 1 heterocycles. The van der Waals surface area contributed by atoms with Gasteiger partial charge in [-0.15, -0.1) is 11.3 Å². The third kappa shape index (κ3) is 4.34. The van der Waals surface area contributed by atoms with Crippen molar-refractivity contribution in [3.63, 3.8) is 0 Å². The molecule has 0 saturated heterocycles. The van der Waals surface area contributed by atoms with Crippen molar-refractivity contribution < 1.29 is 0 Å². The molecule has 108 valence electrons. The van der Waals surface area contributed by atoms with Gasteiger partial charge in [-0.2, -0.15) is 0 Å². The topological polar surface area (TPSA) is 12.0 Å². The summed E-state index contributed by atoms with van der Waals surface area (Å²) in [6.45, 7) is 5.18. The fraction of sp³-hybridized carbons (Fsp3) is 0.412. The van der Waals surface area contributed by atoms with Crippen molar-refractivity contribution in [2.45, 2.75) is 39.2 Å². The van der Waals surface area contributed by atoms with Gasteiger partial charge in [0.1, 0.15) is 0 Å². The van der Waals surface area contributed by atoms with Gasteiger partial charge in [0, 0.05) is 15.9 Å². The second-order valence-corrected chi connectivity index (χ2v) is 6.53. The molecule has 0 fully saturated rings. The molecule has 3 heteroatoms. The number of rotatable bonds is 7. The van der Waals surface area contributed by atoms with E-state index < -0.39 is 0 Å². The van der Waals surface area contributed by atoms with Crippen LogP contribution < -0.4 is 5.32 Å². The highest BCUT2D eigenvalue weighted by molar-refractivity contribution is 7.09. The Morgan fingerprint density at radius 2 is 2.15 bits per heavy atom. The summed E-state index contributed by atoms with van der Waals surface area (Å²) in [6, 6.07) is 11.2. The number of thiophene rings is 1. The van der Waals surface area contributed by atoms with Gasteiger partial charge in [0.05, 0.1) is 0 Å². The van der Waals surface area contributed by atoms with Crippen molar-refractivity contribution >= 4 is 22.9 Å². The van der Waals surface area contributed by atoms with Crippen LogP contribution in [0.2, 0.25) is 5.02 Å². The van der Waals surface area contributed by atoms with Crippen LogP contribution in [-0.4, -0.2) is 6.54 Å². The molecule has 1 N–H and O–H groups in total. The molecule has 0 aliphatic heterocycles. The molecule has 0 bridgehead atoms. The zero-order valence-corrected chi connectivity index (χ0v) is 13.7. The number of hydrogen-bond donors (Lipinski definition) is 1. The van der Waals surface area contributed by atoms with Gasteiger partial charge in [-0.1, -0.05) is 36.7 Å². The van der Waals surface area contributed by atoms with Crippen molar-refractivity contribution in [2.75, 3.05) is 6.54 Å². The molecule has 0 aliphatic carbocycles. The summed E-state index contributed by atoms with van der Waals surface area (Å²) in [7, 11) is 0. The first kappa shape index (κ1) is 15.6. The average molecular weight is 308 g/mol. The van der Waals surface area contributed by atoms with E-state index in [1.54, 1.807) is 0 Å². The fourth-order valence-electron chi connectivity index (χ4n) is 2.39. The van der Waals surface area contributed by atoms with Gasteiger partial charge in [0.2, 0.25) is 0 Å². The van der Waals surface area contributed by atoms with Gasteiger partial charge in [-0.05, 0) is 61.4 Å². The quantitative estimate of drug-likeness (QED) is 0.723. The molecular weight excluding hydrogens is 286 g/mol. The molecule has 2 rings (SSSR count). The Bertz CT molecular complexity index is 522. The lowest BCUT2D eigenvalue weighted by Crippen LogP contribution is -2.21. The van der Waals surface area contributed by atoms with E-state index in [0.717, 1.165) is 23.6 Å². The molecule has 2 aromatic rings. The van der Waals surface area contributed by atoms with Gasteiger partial charge < -0.3 is 5.32 Å². The molecule has 0 amide bonds. The minimum atomic E-state index is 0.401. The highest BCUT2D eigenvalue weighted by Gasteiger charge is 2.11. The smallest absolute Gasteiger partial charge is 0.0438 e. The Hall–Kier alpha value is -0.830. The first-order valence-electron chi connectivity index (χ1n) is 7.22. The van der Waals surface area contributed by atoms with E-state index in [4.69, 9.17) is 11.6 Å². The van der Waals surface area contributed by atoms with Crippen molar-refractivity contribution in [3.8, 4) is 0 Å². The molecule has 1 aromatic heterocycles. The van der Waals surface area contributed by atoms with E-state index in [1.165, 1.54) is 23.3 Å². The van der Waals surface area contributed by atoms with Crippen molar-refractivity contribution in [1.29, 1.82) is 0 Å². The largest absolute Gasteiger partial charge is 0.310 e. The minimum absolute atomic E-state index is 0.401. The maximum absolute atomic E-state index is 6.25. The van der Waals surface area contributed by atoms with Crippen LogP contribution in [0.15, 0.2) is 35.7 Å². The maximum Gasteiger partial charge on any atom is 0.0438 e. The Balaban J connectivity index is 1.96. The van der Waals surface area contributed by atoms with Crippen molar-refractivity contribution in [1.82, 2.24) is 5.32 Å². The monoisotopic (exact) mass is 307 g/mol. The van der Waals surface area contributed by atoms with Gasteiger partial charge in [-0.3, -0.25) is 0 Å². The predicted molar refractivity (Wildman–Crippen MR) is 89.9 cm³/mol. The number of halogens is 1. The van der Waals surface area contributed by atoms with Gasteiger partial charge in [0.15, 0.2) is 0 Å². The third-order valence-corrected chi connectivity index (χ3v) is 4.89. The molecule has 0 aliphatic rings. The SMILES string of the molecule is CCNC(CCCc1cccs1)c1ccc(C)c(Cl)c1. The molecule has 0 radical (unpaired) electrons. The molecule has 20 heavy (non-hydrogen) atoms.